The van der Waals surface area contributed by atoms with Gasteiger partial charge in [-0.3, -0.25) is 0 Å². The third-order valence-electron chi connectivity index (χ3n) is 2.98. The van der Waals surface area contributed by atoms with Gasteiger partial charge in [0.15, 0.2) is 0 Å². The van der Waals surface area contributed by atoms with Gasteiger partial charge >= 0.3 is 0 Å². The van der Waals surface area contributed by atoms with E-state index in [0.29, 0.717) is 11.8 Å². The van der Waals surface area contributed by atoms with Crippen molar-refractivity contribution in [2.24, 2.45) is 11.7 Å². The number of hydrogen-bond acceptors (Lipinski definition) is 3. The van der Waals surface area contributed by atoms with Crippen LogP contribution in [-0.4, -0.2) is 19.4 Å². The molecule has 1 aromatic rings. The molecule has 0 fully saturated rings. The highest BCUT2D eigenvalue weighted by Gasteiger charge is 2.11. The minimum Gasteiger partial charge on any atom is -0.497 e. The molecule has 1 aromatic carbocycles. The molecule has 17 heavy (non-hydrogen) atoms. The molecule has 2 atom stereocenters. The average molecular weight is 253 g/mol. The Morgan fingerprint density at radius 2 is 1.94 bits per heavy atom. The van der Waals surface area contributed by atoms with Gasteiger partial charge in [-0.15, -0.1) is 0 Å². The quantitative estimate of drug-likeness (QED) is 0.808. The Labute approximate surface area is 109 Å². The lowest BCUT2D eigenvalue weighted by atomic mass is 10.1. The van der Waals surface area contributed by atoms with Crippen molar-refractivity contribution in [1.82, 2.24) is 0 Å². The van der Waals surface area contributed by atoms with Crippen molar-refractivity contribution in [3.63, 3.8) is 0 Å². The van der Waals surface area contributed by atoms with Crippen molar-refractivity contribution in [1.29, 1.82) is 0 Å². The van der Waals surface area contributed by atoms with Gasteiger partial charge in [0.05, 0.1) is 7.11 Å². The molecule has 0 aliphatic heterocycles. The Hall–Kier alpha value is -0.670. The van der Waals surface area contributed by atoms with Crippen molar-refractivity contribution in [2.45, 2.75) is 25.5 Å². The zero-order valence-electron chi connectivity index (χ0n) is 11.0. The van der Waals surface area contributed by atoms with E-state index >= 15 is 0 Å². The summed E-state index contributed by atoms with van der Waals surface area (Å²) in [5, 5.41) is 0.398. The number of benzene rings is 1. The molecule has 0 aromatic heterocycles. The van der Waals surface area contributed by atoms with Crippen LogP contribution in [-0.2, 0) is 0 Å². The molecule has 0 aliphatic rings. The summed E-state index contributed by atoms with van der Waals surface area (Å²) in [5.74, 6) is 2.83. The second-order valence-corrected chi connectivity index (χ2v) is 5.58. The van der Waals surface area contributed by atoms with Crippen LogP contribution >= 0.6 is 11.8 Å². The maximum atomic E-state index is 5.85. The second-order valence-electron chi connectivity index (χ2n) is 4.34. The van der Waals surface area contributed by atoms with E-state index < -0.39 is 0 Å². The summed E-state index contributed by atoms with van der Waals surface area (Å²) < 4.78 is 5.16. The Kier molecular flexibility index (Phi) is 6.45. The van der Waals surface area contributed by atoms with Gasteiger partial charge in [0.25, 0.3) is 0 Å². The van der Waals surface area contributed by atoms with E-state index in [1.807, 2.05) is 23.9 Å². The molecule has 0 saturated carbocycles. The maximum absolute atomic E-state index is 5.85. The summed E-state index contributed by atoms with van der Waals surface area (Å²) in [4.78, 5) is 0. The molecule has 0 bridgehead atoms. The summed E-state index contributed by atoms with van der Waals surface area (Å²) in [6, 6.07) is 8.23. The zero-order chi connectivity index (χ0) is 12.7. The topological polar surface area (TPSA) is 35.2 Å². The molecule has 96 valence electrons. The van der Waals surface area contributed by atoms with Crippen molar-refractivity contribution >= 4 is 11.8 Å². The summed E-state index contributed by atoms with van der Waals surface area (Å²) >= 11 is 1.95. The van der Waals surface area contributed by atoms with Gasteiger partial charge in [0.1, 0.15) is 5.75 Å². The van der Waals surface area contributed by atoms with E-state index in [2.05, 4.69) is 26.0 Å². The van der Waals surface area contributed by atoms with Gasteiger partial charge in [-0.1, -0.05) is 32.4 Å². The number of hydrogen-bond donors (Lipinski definition) is 1. The first-order chi connectivity index (χ1) is 8.21. The van der Waals surface area contributed by atoms with E-state index in [1.54, 1.807) is 7.11 Å². The predicted octanol–water partition coefficient (Wildman–Crippen LogP) is 3.47. The standard InChI is InChI=1S/C14H23NOS/c1-4-11(2)10-17-14(9-15)12-5-7-13(16-3)8-6-12/h5-8,11,14H,4,9-10,15H2,1-3H3. The molecule has 3 heteroatoms. The second kappa shape index (κ2) is 7.62. The first-order valence-electron chi connectivity index (χ1n) is 6.16. The summed E-state index contributed by atoms with van der Waals surface area (Å²) in [5.41, 5.74) is 7.14. The van der Waals surface area contributed by atoms with Crippen LogP contribution in [0, 0.1) is 5.92 Å². The van der Waals surface area contributed by atoms with Gasteiger partial charge in [0, 0.05) is 11.8 Å². The first kappa shape index (κ1) is 14.4. The lowest BCUT2D eigenvalue weighted by Gasteiger charge is -2.17. The number of nitrogens with two attached hydrogens (primary N) is 1. The molecule has 0 heterocycles. The highest BCUT2D eigenvalue weighted by atomic mass is 32.2. The monoisotopic (exact) mass is 253 g/mol. The minimum absolute atomic E-state index is 0.398. The van der Waals surface area contributed by atoms with Gasteiger partial charge < -0.3 is 10.5 Å². The predicted molar refractivity (Wildman–Crippen MR) is 76.7 cm³/mol. The highest BCUT2D eigenvalue weighted by Crippen LogP contribution is 2.30. The summed E-state index contributed by atoms with van der Waals surface area (Å²) in [6.07, 6.45) is 1.23. The van der Waals surface area contributed by atoms with E-state index in [-0.39, 0.29) is 0 Å². The van der Waals surface area contributed by atoms with Crippen LogP contribution in [0.4, 0.5) is 0 Å². The first-order valence-corrected chi connectivity index (χ1v) is 7.21. The fourth-order valence-electron chi connectivity index (χ4n) is 1.52. The molecule has 2 N–H and O–H groups in total. The molecule has 2 nitrogen and oxygen atoms in total. The Bertz CT molecular complexity index is 313. The third-order valence-corrected chi connectivity index (χ3v) is 4.61. The maximum Gasteiger partial charge on any atom is 0.118 e. The Morgan fingerprint density at radius 3 is 2.41 bits per heavy atom. The molecular weight excluding hydrogens is 230 g/mol. The van der Waals surface area contributed by atoms with Gasteiger partial charge in [0.2, 0.25) is 0 Å². The van der Waals surface area contributed by atoms with Crippen LogP contribution in [0.3, 0.4) is 0 Å². The number of rotatable bonds is 7. The smallest absolute Gasteiger partial charge is 0.118 e. The minimum atomic E-state index is 0.398. The van der Waals surface area contributed by atoms with E-state index in [9.17, 15) is 0 Å². The summed E-state index contributed by atoms with van der Waals surface area (Å²) in [6.45, 7) is 5.21. The van der Waals surface area contributed by atoms with Crippen LogP contribution in [0.2, 0.25) is 0 Å². The number of thioether (sulfide) groups is 1. The van der Waals surface area contributed by atoms with Crippen molar-refractivity contribution in [2.75, 3.05) is 19.4 Å². The third kappa shape index (κ3) is 4.60. The van der Waals surface area contributed by atoms with Gasteiger partial charge in [-0.05, 0) is 29.4 Å². The number of ether oxygens (including phenoxy) is 1. The number of methoxy groups -OCH3 is 1. The van der Waals surface area contributed by atoms with Crippen LogP contribution < -0.4 is 10.5 Å². The molecule has 0 aliphatic carbocycles. The van der Waals surface area contributed by atoms with Crippen molar-refractivity contribution < 1.29 is 4.74 Å². The molecule has 1 rings (SSSR count). The van der Waals surface area contributed by atoms with Crippen LogP contribution in [0.1, 0.15) is 31.1 Å². The molecule has 2 unspecified atom stereocenters. The summed E-state index contributed by atoms with van der Waals surface area (Å²) in [7, 11) is 1.69. The van der Waals surface area contributed by atoms with E-state index in [1.165, 1.54) is 17.7 Å². The largest absolute Gasteiger partial charge is 0.497 e. The van der Waals surface area contributed by atoms with Crippen molar-refractivity contribution in [3.05, 3.63) is 29.8 Å². The molecule has 0 radical (unpaired) electrons. The van der Waals surface area contributed by atoms with E-state index in [4.69, 9.17) is 10.5 Å². The van der Waals surface area contributed by atoms with Crippen LogP contribution in [0.5, 0.6) is 5.75 Å². The molecular formula is C14H23NOS. The molecule has 0 spiro atoms. The van der Waals surface area contributed by atoms with E-state index in [0.717, 1.165) is 11.7 Å². The zero-order valence-corrected chi connectivity index (χ0v) is 11.8. The van der Waals surface area contributed by atoms with Crippen LogP contribution in [0.25, 0.3) is 0 Å². The molecule has 0 saturated heterocycles. The van der Waals surface area contributed by atoms with Crippen LogP contribution in [0.15, 0.2) is 24.3 Å². The average Bonchev–Trinajstić information content (AvgIpc) is 2.39. The fourth-order valence-corrected chi connectivity index (χ4v) is 2.80. The normalized spacial score (nSPS) is 14.4. The lowest BCUT2D eigenvalue weighted by Crippen LogP contribution is -2.11. The van der Waals surface area contributed by atoms with Gasteiger partial charge in [-0.25, -0.2) is 0 Å². The SMILES string of the molecule is CCC(C)CSC(CN)c1ccc(OC)cc1. The lowest BCUT2D eigenvalue weighted by molar-refractivity contribution is 0.414. The fraction of sp³-hybridized carbons (Fsp3) is 0.571. The van der Waals surface area contributed by atoms with Crippen molar-refractivity contribution in [3.8, 4) is 5.75 Å². The Balaban J connectivity index is 2.59. The highest BCUT2D eigenvalue weighted by molar-refractivity contribution is 7.99. The Morgan fingerprint density at radius 1 is 1.29 bits per heavy atom. The molecule has 0 amide bonds. The van der Waals surface area contributed by atoms with Gasteiger partial charge in [-0.2, -0.15) is 11.8 Å².